The van der Waals surface area contributed by atoms with E-state index in [1.165, 1.54) is 0 Å². The van der Waals surface area contributed by atoms with Crippen molar-refractivity contribution in [2.45, 2.75) is 45.7 Å². The van der Waals surface area contributed by atoms with Crippen molar-refractivity contribution in [1.29, 1.82) is 0 Å². The van der Waals surface area contributed by atoms with Crippen LogP contribution >= 0.6 is 0 Å². The SMILES string of the molecule is Cc1ccc(N)cc1C(=O)N(C(C)C)C1CC1. The number of rotatable bonds is 3. The first-order valence-electron chi connectivity index (χ1n) is 6.19. The minimum atomic E-state index is 0.118. The maximum atomic E-state index is 12.5. The van der Waals surface area contributed by atoms with Gasteiger partial charge < -0.3 is 10.6 Å². The lowest BCUT2D eigenvalue weighted by Crippen LogP contribution is -2.39. The number of anilines is 1. The van der Waals surface area contributed by atoms with E-state index in [2.05, 4.69) is 13.8 Å². The Bertz CT molecular complexity index is 434. The molecule has 1 aromatic rings. The molecule has 1 saturated carbocycles. The molecule has 1 aliphatic rings. The topological polar surface area (TPSA) is 46.3 Å². The number of hydrogen-bond donors (Lipinski definition) is 1. The zero-order valence-electron chi connectivity index (χ0n) is 10.7. The highest BCUT2D eigenvalue weighted by molar-refractivity contribution is 5.97. The highest BCUT2D eigenvalue weighted by Crippen LogP contribution is 2.30. The van der Waals surface area contributed by atoms with Gasteiger partial charge in [-0.2, -0.15) is 0 Å². The molecule has 1 aliphatic carbocycles. The van der Waals surface area contributed by atoms with Crippen LogP contribution in [0.25, 0.3) is 0 Å². The van der Waals surface area contributed by atoms with E-state index in [4.69, 9.17) is 5.73 Å². The molecule has 17 heavy (non-hydrogen) atoms. The lowest BCUT2D eigenvalue weighted by atomic mass is 10.1. The number of aryl methyl sites for hydroxylation is 1. The third-order valence-corrected chi connectivity index (χ3v) is 3.22. The molecule has 1 amide bonds. The summed E-state index contributed by atoms with van der Waals surface area (Å²) in [5, 5.41) is 0. The second kappa shape index (κ2) is 4.40. The van der Waals surface area contributed by atoms with Crippen LogP contribution in [0.2, 0.25) is 0 Å². The molecule has 0 unspecified atom stereocenters. The van der Waals surface area contributed by atoms with Crippen LogP contribution in [0, 0.1) is 6.92 Å². The molecule has 0 bridgehead atoms. The average Bonchev–Trinajstić information content (AvgIpc) is 3.05. The monoisotopic (exact) mass is 232 g/mol. The second-order valence-electron chi connectivity index (χ2n) is 5.11. The number of nitrogen functional groups attached to an aromatic ring is 1. The highest BCUT2D eigenvalue weighted by Gasteiger charge is 2.35. The Kier molecular flexibility index (Phi) is 3.09. The van der Waals surface area contributed by atoms with E-state index in [0.717, 1.165) is 24.0 Å². The van der Waals surface area contributed by atoms with Crippen molar-refractivity contribution in [3.05, 3.63) is 29.3 Å². The van der Waals surface area contributed by atoms with Crippen molar-refractivity contribution in [2.24, 2.45) is 0 Å². The number of carbonyl (C=O) groups excluding carboxylic acids is 1. The quantitative estimate of drug-likeness (QED) is 0.814. The van der Waals surface area contributed by atoms with Crippen LogP contribution in [0.4, 0.5) is 5.69 Å². The van der Waals surface area contributed by atoms with Gasteiger partial charge in [0.1, 0.15) is 0 Å². The minimum absolute atomic E-state index is 0.118. The fraction of sp³-hybridized carbons (Fsp3) is 0.500. The Hall–Kier alpha value is -1.51. The van der Waals surface area contributed by atoms with Gasteiger partial charge in [0.25, 0.3) is 5.91 Å². The fourth-order valence-corrected chi connectivity index (χ4v) is 2.18. The maximum Gasteiger partial charge on any atom is 0.254 e. The summed E-state index contributed by atoms with van der Waals surface area (Å²) in [6, 6.07) is 6.21. The van der Waals surface area contributed by atoms with E-state index in [0.29, 0.717) is 11.7 Å². The van der Waals surface area contributed by atoms with Crippen molar-refractivity contribution < 1.29 is 4.79 Å². The summed E-state index contributed by atoms with van der Waals surface area (Å²) in [7, 11) is 0. The van der Waals surface area contributed by atoms with Crippen LogP contribution in [0.3, 0.4) is 0 Å². The lowest BCUT2D eigenvalue weighted by molar-refractivity contribution is 0.0689. The number of amides is 1. The summed E-state index contributed by atoms with van der Waals surface area (Å²) in [6.07, 6.45) is 2.26. The van der Waals surface area contributed by atoms with Crippen molar-refractivity contribution in [2.75, 3.05) is 5.73 Å². The van der Waals surface area contributed by atoms with Gasteiger partial charge >= 0.3 is 0 Å². The number of carbonyl (C=O) groups is 1. The molecule has 3 nitrogen and oxygen atoms in total. The molecule has 2 N–H and O–H groups in total. The molecule has 0 spiro atoms. The predicted molar refractivity (Wildman–Crippen MR) is 69.9 cm³/mol. The molecule has 2 rings (SSSR count). The minimum Gasteiger partial charge on any atom is -0.399 e. The van der Waals surface area contributed by atoms with E-state index >= 15 is 0 Å². The van der Waals surface area contributed by atoms with Gasteiger partial charge in [0.15, 0.2) is 0 Å². The maximum absolute atomic E-state index is 12.5. The van der Waals surface area contributed by atoms with Gasteiger partial charge in [0, 0.05) is 23.3 Å². The fourth-order valence-electron chi connectivity index (χ4n) is 2.18. The van der Waals surface area contributed by atoms with Crippen LogP contribution in [0.5, 0.6) is 0 Å². The third-order valence-electron chi connectivity index (χ3n) is 3.22. The molecule has 1 fully saturated rings. The molecular formula is C14H20N2O. The van der Waals surface area contributed by atoms with Crippen molar-refractivity contribution in [3.63, 3.8) is 0 Å². The molecule has 1 aromatic carbocycles. The van der Waals surface area contributed by atoms with Gasteiger partial charge in [-0.1, -0.05) is 6.07 Å². The largest absolute Gasteiger partial charge is 0.399 e. The molecule has 0 saturated heterocycles. The summed E-state index contributed by atoms with van der Waals surface area (Å²) < 4.78 is 0. The van der Waals surface area contributed by atoms with Gasteiger partial charge in [-0.3, -0.25) is 4.79 Å². The lowest BCUT2D eigenvalue weighted by Gasteiger charge is -2.27. The Morgan fingerprint density at radius 1 is 1.41 bits per heavy atom. The molecule has 0 aromatic heterocycles. The van der Waals surface area contributed by atoms with E-state index in [1.54, 1.807) is 6.07 Å². The predicted octanol–water partition coefficient (Wildman–Crippen LogP) is 2.59. The number of nitrogens with zero attached hydrogens (tertiary/aromatic N) is 1. The van der Waals surface area contributed by atoms with E-state index < -0.39 is 0 Å². The van der Waals surface area contributed by atoms with Gasteiger partial charge in [-0.25, -0.2) is 0 Å². The molecule has 0 heterocycles. The van der Waals surface area contributed by atoms with Crippen molar-refractivity contribution in [1.82, 2.24) is 4.90 Å². The summed E-state index contributed by atoms with van der Waals surface area (Å²) >= 11 is 0. The van der Waals surface area contributed by atoms with Crippen LogP contribution in [0.1, 0.15) is 42.6 Å². The first kappa shape index (κ1) is 12.0. The Morgan fingerprint density at radius 2 is 2.06 bits per heavy atom. The van der Waals surface area contributed by atoms with Crippen LogP contribution < -0.4 is 5.73 Å². The summed E-state index contributed by atoms with van der Waals surface area (Å²) in [5.41, 5.74) is 8.15. The molecule has 0 radical (unpaired) electrons. The normalized spacial score (nSPS) is 15.1. The highest BCUT2D eigenvalue weighted by atomic mass is 16.2. The van der Waals surface area contributed by atoms with E-state index in [9.17, 15) is 4.79 Å². The van der Waals surface area contributed by atoms with Gasteiger partial charge in [-0.15, -0.1) is 0 Å². The van der Waals surface area contributed by atoms with E-state index in [1.807, 2.05) is 24.0 Å². The third kappa shape index (κ3) is 2.43. The molecule has 0 aliphatic heterocycles. The summed E-state index contributed by atoms with van der Waals surface area (Å²) in [4.78, 5) is 14.5. The Balaban J connectivity index is 2.31. The first-order chi connectivity index (χ1) is 8.00. The summed E-state index contributed by atoms with van der Waals surface area (Å²) in [5.74, 6) is 0.118. The van der Waals surface area contributed by atoms with E-state index in [-0.39, 0.29) is 11.9 Å². The van der Waals surface area contributed by atoms with Gasteiger partial charge in [0.05, 0.1) is 0 Å². The van der Waals surface area contributed by atoms with Crippen LogP contribution in [-0.2, 0) is 0 Å². The number of hydrogen-bond acceptors (Lipinski definition) is 2. The molecule has 3 heteroatoms. The van der Waals surface area contributed by atoms with Crippen LogP contribution in [-0.4, -0.2) is 22.9 Å². The Morgan fingerprint density at radius 3 is 2.59 bits per heavy atom. The number of nitrogens with two attached hydrogens (primary N) is 1. The van der Waals surface area contributed by atoms with Crippen LogP contribution in [0.15, 0.2) is 18.2 Å². The molecule has 0 atom stereocenters. The Labute approximate surface area is 103 Å². The van der Waals surface area contributed by atoms with Gasteiger partial charge in [-0.05, 0) is 51.3 Å². The zero-order valence-corrected chi connectivity index (χ0v) is 10.7. The molecule has 92 valence electrons. The van der Waals surface area contributed by atoms with Crippen molar-refractivity contribution >= 4 is 11.6 Å². The number of benzene rings is 1. The second-order valence-corrected chi connectivity index (χ2v) is 5.11. The van der Waals surface area contributed by atoms with Crippen molar-refractivity contribution in [3.8, 4) is 0 Å². The zero-order chi connectivity index (χ0) is 12.6. The standard InChI is InChI=1S/C14H20N2O/c1-9(2)16(12-6-7-12)14(17)13-8-11(15)5-4-10(13)3/h4-5,8-9,12H,6-7,15H2,1-3H3. The summed E-state index contributed by atoms with van der Waals surface area (Å²) in [6.45, 7) is 6.09. The van der Waals surface area contributed by atoms with Gasteiger partial charge in [0.2, 0.25) is 0 Å². The smallest absolute Gasteiger partial charge is 0.254 e. The average molecular weight is 232 g/mol. The first-order valence-corrected chi connectivity index (χ1v) is 6.19. The molecular weight excluding hydrogens is 212 g/mol.